The first-order valence-electron chi connectivity index (χ1n) is 8.86. The lowest BCUT2D eigenvalue weighted by atomic mass is 9.86. The maximum atomic E-state index is 12.7. The van der Waals surface area contributed by atoms with E-state index in [0.29, 0.717) is 0 Å². The van der Waals surface area contributed by atoms with Gasteiger partial charge in [0, 0.05) is 29.1 Å². The van der Waals surface area contributed by atoms with Crippen molar-refractivity contribution in [1.29, 1.82) is 0 Å². The molecule has 0 saturated heterocycles. The number of hydrogen-bond acceptors (Lipinski definition) is 2. The van der Waals surface area contributed by atoms with Crippen molar-refractivity contribution in [2.24, 2.45) is 0 Å². The predicted molar refractivity (Wildman–Crippen MR) is 104 cm³/mol. The van der Waals surface area contributed by atoms with Crippen molar-refractivity contribution in [1.82, 2.24) is 0 Å². The Balaban J connectivity index is 1.66. The van der Waals surface area contributed by atoms with Crippen molar-refractivity contribution in [3.63, 3.8) is 0 Å². The van der Waals surface area contributed by atoms with E-state index < -0.39 is 0 Å². The number of likely N-dealkylation sites (N-methyl/N-ethyl adjacent to an activating group) is 1. The first-order valence-corrected chi connectivity index (χ1v) is 8.86. The molecule has 0 aromatic heterocycles. The topological polar surface area (TPSA) is 20.3 Å². The molecule has 0 amide bonds. The van der Waals surface area contributed by atoms with Gasteiger partial charge in [0.15, 0.2) is 5.78 Å². The van der Waals surface area contributed by atoms with Gasteiger partial charge in [0.1, 0.15) is 0 Å². The molecule has 0 bridgehead atoms. The lowest BCUT2D eigenvalue weighted by Gasteiger charge is -2.29. The van der Waals surface area contributed by atoms with Crippen LogP contribution in [0.1, 0.15) is 34.8 Å². The number of carbonyl (C=O) groups excluding carboxylic acids is 1. The van der Waals surface area contributed by atoms with Crippen molar-refractivity contribution in [3.05, 3.63) is 94.7 Å². The third-order valence-electron chi connectivity index (χ3n) is 4.96. The Morgan fingerprint density at radius 3 is 2.64 bits per heavy atom. The zero-order chi connectivity index (χ0) is 17.2. The number of benzene rings is 2. The Labute approximate surface area is 148 Å². The molecular formula is C23H21NO. The summed E-state index contributed by atoms with van der Waals surface area (Å²) in [5, 5.41) is 0. The van der Waals surface area contributed by atoms with Crippen LogP contribution in [0.5, 0.6) is 0 Å². The number of para-hydroxylation sites is 1. The highest BCUT2D eigenvalue weighted by molar-refractivity contribution is 6.10. The van der Waals surface area contributed by atoms with Crippen molar-refractivity contribution in [2.45, 2.75) is 19.8 Å². The highest BCUT2D eigenvalue weighted by atomic mass is 16.1. The minimum atomic E-state index is 0.168. The number of hydrogen-bond donors (Lipinski definition) is 0. The number of ketones is 1. The smallest absolute Gasteiger partial charge is 0.189 e. The molecule has 0 radical (unpaired) electrons. The maximum absolute atomic E-state index is 12.7. The summed E-state index contributed by atoms with van der Waals surface area (Å²) in [5.74, 6) is 0.168. The van der Waals surface area contributed by atoms with E-state index in [0.717, 1.165) is 36.2 Å². The number of carbonyl (C=O) groups is 1. The van der Waals surface area contributed by atoms with Gasteiger partial charge in [0.25, 0.3) is 0 Å². The fourth-order valence-electron chi connectivity index (χ4n) is 3.64. The molecule has 0 saturated carbocycles. The molecule has 0 atom stereocenters. The molecule has 2 heteroatoms. The van der Waals surface area contributed by atoms with Gasteiger partial charge in [-0.1, -0.05) is 54.6 Å². The first kappa shape index (κ1) is 15.6. The summed E-state index contributed by atoms with van der Waals surface area (Å²) in [5.41, 5.74) is 6.50. The highest BCUT2D eigenvalue weighted by Gasteiger charge is 2.21. The molecule has 25 heavy (non-hydrogen) atoms. The van der Waals surface area contributed by atoms with E-state index >= 15 is 0 Å². The van der Waals surface area contributed by atoms with Gasteiger partial charge in [0.2, 0.25) is 0 Å². The average Bonchev–Trinajstić information content (AvgIpc) is 2.67. The normalized spacial score (nSPS) is 19.2. The van der Waals surface area contributed by atoms with Crippen LogP contribution >= 0.6 is 0 Å². The second-order valence-electron chi connectivity index (χ2n) is 6.41. The average molecular weight is 327 g/mol. The van der Waals surface area contributed by atoms with E-state index in [1.54, 1.807) is 0 Å². The number of anilines is 1. The van der Waals surface area contributed by atoms with Crippen LogP contribution in [0.3, 0.4) is 0 Å². The number of nitrogens with zero attached hydrogens (tertiary/aromatic N) is 1. The van der Waals surface area contributed by atoms with Crippen LogP contribution in [0.2, 0.25) is 0 Å². The van der Waals surface area contributed by atoms with Gasteiger partial charge in [-0.15, -0.1) is 0 Å². The molecule has 124 valence electrons. The molecule has 2 nitrogen and oxygen atoms in total. The molecule has 1 heterocycles. The molecule has 0 N–H and O–H groups in total. The monoisotopic (exact) mass is 327 g/mol. The first-order chi connectivity index (χ1) is 12.3. The molecule has 1 aliphatic carbocycles. The third-order valence-corrected chi connectivity index (χ3v) is 4.96. The van der Waals surface area contributed by atoms with Gasteiger partial charge < -0.3 is 4.90 Å². The molecule has 2 aromatic rings. The molecular weight excluding hydrogens is 306 g/mol. The Bertz CT molecular complexity index is 917. The zero-order valence-corrected chi connectivity index (χ0v) is 14.4. The maximum Gasteiger partial charge on any atom is 0.189 e. The van der Waals surface area contributed by atoms with E-state index in [1.807, 2.05) is 24.3 Å². The van der Waals surface area contributed by atoms with Gasteiger partial charge in [-0.05, 0) is 49.1 Å². The lowest BCUT2D eigenvalue weighted by Crippen LogP contribution is -2.23. The van der Waals surface area contributed by atoms with E-state index in [4.69, 9.17) is 0 Å². The summed E-state index contributed by atoms with van der Waals surface area (Å²) in [4.78, 5) is 15.0. The fraction of sp³-hybridized carbons (Fsp3) is 0.174. The summed E-state index contributed by atoms with van der Waals surface area (Å²) in [6.45, 7) is 3.05. The van der Waals surface area contributed by atoms with Crippen LogP contribution in [0.4, 0.5) is 5.69 Å². The second kappa shape index (κ2) is 6.56. The van der Waals surface area contributed by atoms with Gasteiger partial charge in [-0.25, -0.2) is 0 Å². The van der Waals surface area contributed by atoms with Gasteiger partial charge in [-0.2, -0.15) is 0 Å². The van der Waals surface area contributed by atoms with Crippen LogP contribution in [-0.2, 0) is 6.42 Å². The molecule has 0 unspecified atom stereocenters. The van der Waals surface area contributed by atoms with Crippen LogP contribution in [0.25, 0.3) is 6.08 Å². The van der Waals surface area contributed by atoms with E-state index in [-0.39, 0.29) is 5.78 Å². The van der Waals surface area contributed by atoms with Crippen LogP contribution < -0.4 is 4.90 Å². The summed E-state index contributed by atoms with van der Waals surface area (Å²) in [6.07, 6.45) is 10.1. The summed E-state index contributed by atoms with van der Waals surface area (Å²) < 4.78 is 0. The minimum Gasteiger partial charge on any atom is -0.341 e. The van der Waals surface area contributed by atoms with E-state index in [2.05, 4.69) is 60.4 Å². The Morgan fingerprint density at radius 2 is 1.76 bits per heavy atom. The second-order valence-corrected chi connectivity index (χ2v) is 6.41. The molecule has 0 fully saturated rings. The zero-order valence-electron chi connectivity index (χ0n) is 14.4. The van der Waals surface area contributed by atoms with Crippen LogP contribution in [0.15, 0.2) is 78.0 Å². The fourth-order valence-corrected chi connectivity index (χ4v) is 3.64. The highest BCUT2D eigenvalue weighted by Crippen LogP contribution is 2.31. The Morgan fingerprint density at radius 1 is 0.960 bits per heavy atom. The minimum absolute atomic E-state index is 0.168. The van der Waals surface area contributed by atoms with Crippen molar-refractivity contribution < 1.29 is 4.79 Å². The van der Waals surface area contributed by atoms with Crippen molar-refractivity contribution >= 4 is 17.5 Å². The standard InChI is InChI=1S/C23H21NO/c1-2-24-20(15-13-18-8-4-6-10-22(18)24)16-14-19-12-11-17-7-3-5-9-21(17)23(19)25/h3-10,13-16H,2,11-12H2,1H3/b19-14+,20-16+. The summed E-state index contributed by atoms with van der Waals surface area (Å²) >= 11 is 0. The SMILES string of the molecule is CCN1/C(=C/C=C2\CCc3ccccc3C2=O)C=Cc2ccccc21. The molecule has 2 aliphatic rings. The summed E-state index contributed by atoms with van der Waals surface area (Å²) in [6, 6.07) is 16.3. The van der Waals surface area contributed by atoms with Gasteiger partial charge in [-0.3, -0.25) is 4.79 Å². The van der Waals surface area contributed by atoms with E-state index in [1.165, 1.54) is 16.8 Å². The number of allylic oxidation sites excluding steroid dienone is 4. The van der Waals surface area contributed by atoms with E-state index in [9.17, 15) is 4.79 Å². The molecule has 2 aromatic carbocycles. The number of fused-ring (bicyclic) bond motifs is 2. The summed E-state index contributed by atoms with van der Waals surface area (Å²) in [7, 11) is 0. The Hall–Kier alpha value is -2.87. The predicted octanol–water partition coefficient (Wildman–Crippen LogP) is 5.18. The largest absolute Gasteiger partial charge is 0.341 e. The molecule has 0 spiro atoms. The van der Waals surface area contributed by atoms with Gasteiger partial charge >= 0.3 is 0 Å². The van der Waals surface area contributed by atoms with Gasteiger partial charge in [0.05, 0.1) is 0 Å². The lowest BCUT2D eigenvalue weighted by molar-refractivity contribution is 0.102. The molecule has 1 aliphatic heterocycles. The van der Waals surface area contributed by atoms with Crippen LogP contribution in [0, 0.1) is 0 Å². The van der Waals surface area contributed by atoms with Crippen molar-refractivity contribution in [3.8, 4) is 0 Å². The number of aryl methyl sites for hydroxylation is 1. The molecule has 4 rings (SSSR count). The van der Waals surface area contributed by atoms with Crippen LogP contribution in [-0.4, -0.2) is 12.3 Å². The Kier molecular flexibility index (Phi) is 4.10. The number of rotatable bonds is 2. The van der Waals surface area contributed by atoms with Crippen molar-refractivity contribution in [2.75, 3.05) is 11.4 Å². The quantitative estimate of drug-likeness (QED) is 0.708. The number of Topliss-reactive ketones (excluding diaryl/α,β-unsaturated/α-hetero) is 1. The third kappa shape index (κ3) is 2.85.